The summed E-state index contributed by atoms with van der Waals surface area (Å²) in [4.78, 5) is 34.1. The van der Waals surface area contributed by atoms with Gasteiger partial charge in [-0.1, -0.05) is 30.3 Å². The third-order valence-corrected chi connectivity index (χ3v) is 5.93. The number of pyridine rings is 1. The van der Waals surface area contributed by atoms with E-state index in [1.54, 1.807) is 0 Å². The Morgan fingerprint density at radius 3 is 2.21 bits per heavy atom. The summed E-state index contributed by atoms with van der Waals surface area (Å²) < 4.78 is 0. The van der Waals surface area contributed by atoms with Gasteiger partial charge in [0.1, 0.15) is 0 Å². The molecule has 0 saturated carbocycles. The van der Waals surface area contributed by atoms with E-state index < -0.39 is 0 Å². The summed E-state index contributed by atoms with van der Waals surface area (Å²) >= 11 is 0. The van der Waals surface area contributed by atoms with Gasteiger partial charge in [-0.05, 0) is 44.7 Å². The molecule has 146 valence electrons. The fourth-order valence-corrected chi connectivity index (χ4v) is 4.25. The van der Waals surface area contributed by atoms with Crippen LogP contribution in [0.5, 0.6) is 0 Å². The van der Waals surface area contributed by atoms with Crippen LogP contribution in [0.3, 0.4) is 0 Å². The second-order valence-electron chi connectivity index (χ2n) is 7.79. The number of hydrogen-bond acceptors (Lipinski definition) is 3. The lowest BCUT2D eigenvalue weighted by molar-refractivity contribution is -0.135. The van der Waals surface area contributed by atoms with E-state index in [1.165, 1.54) is 0 Å². The lowest BCUT2D eigenvalue weighted by Crippen LogP contribution is -2.44. The molecule has 1 aromatic heterocycles. The van der Waals surface area contributed by atoms with Crippen molar-refractivity contribution in [1.82, 2.24) is 14.8 Å². The van der Waals surface area contributed by atoms with Gasteiger partial charge < -0.3 is 9.80 Å². The maximum atomic E-state index is 13.0. The molecule has 28 heavy (non-hydrogen) atoms. The third-order valence-electron chi connectivity index (χ3n) is 5.93. The number of aromatic nitrogens is 1. The number of benzene rings is 1. The van der Waals surface area contributed by atoms with Crippen molar-refractivity contribution in [3.05, 3.63) is 53.7 Å². The maximum Gasteiger partial charge on any atom is 0.255 e. The monoisotopic (exact) mass is 377 g/mol. The van der Waals surface area contributed by atoms with Gasteiger partial charge in [-0.25, -0.2) is 0 Å². The van der Waals surface area contributed by atoms with E-state index in [4.69, 9.17) is 0 Å². The maximum absolute atomic E-state index is 13.0. The summed E-state index contributed by atoms with van der Waals surface area (Å²) in [5, 5.41) is 0. The van der Waals surface area contributed by atoms with Crippen LogP contribution in [0.25, 0.3) is 11.3 Å². The number of piperidine rings is 1. The lowest BCUT2D eigenvalue weighted by Gasteiger charge is -2.33. The molecule has 0 spiro atoms. The van der Waals surface area contributed by atoms with Gasteiger partial charge in [0.05, 0.1) is 17.0 Å². The predicted octanol–water partition coefficient (Wildman–Crippen LogP) is 3.53. The van der Waals surface area contributed by atoms with E-state index in [9.17, 15) is 9.59 Å². The summed E-state index contributed by atoms with van der Waals surface area (Å²) in [7, 11) is 0. The van der Waals surface area contributed by atoms with Gasteiger partial charge in [-0.2, -0.15) is 0 Å². The molecule has 2 aliphatic heterocycles. The second-order valence-corrected chi connectivity index (χ2v) is 7.79. The first-order chi connectivity index (χ1) is 13.6. The second kappa shape index (κ2) is 8.13. The zero-order valence-electron chi connectivity index (χ0n) is 16.4. The minimum atomic E-state index is 0.0247. The molecule has 0 radical (unpaired) electrons. The first kappa shape index (κ1) is 18.7. The van der Waals surface area contributed by atoms with Crippen LogP contribution in [0, 0.1) is 12.8 Å². The van der Waals surface area contributed by atoms with E-state index in [-0.39, 0.29) is 17.7 Å². The molecule has 2 aliphatic rings. The molecule has 1 aromatic carbocycles. The van der Waals surface area contributed by atoms with Crippen LogP contribution in [0.1, 0.15) is 41.7 Å². The van der Waals surface area contributed by atoms with Gasteiger partial charge in [0.25, 0.3) is 5.91 Å². The Kier molecular flexibility index (Phi) is 5.42. The molecule has 0 N–H and O–H groups in total. The number of likely N-dealkylation sites (tertiary alicyclic amines) is 2. The van der Waals surface area contributed by atoms with Gasteiger partial charge in [0, 0.05) is 37.7 Å². The highest BCUT2D eigenvalue weighted by Gasteiger charge is 2.31. The number of hydrogen-bond donors (Lipinski definition) is 0. The van der Waals surface area contributed by atoms with Crippen LogP contribution in [0.15, 0.2) is 42.5 Å². The van der Waals surface area contributed by atoms with Crippen LogP contribution in [0.2, 0.25) is 0 Å². The normalized spacial score (nSPS) is 17.8. The molecular formula is C23H27N3O2. The van der Waals surface area contributed by atoms with Crippen molar-refractivity contribution < 1.29 is 9.59 Å². The number of nitrogens with zero attached hydrogens (tertiary/aromatic N) is 3. The van der Waals surface area contributed by atoms with Crippen LogP contribution >= 0.6 is 0 Å². The van der Waals surface area contributed by atoms with E-state index in [0.717, 1.165) is 55.7 Å². The van der Waals surface area contributed by atoms with Gasteiger partial charge in [-0.15, -0.1) is 0 Å². The number of rotatable bonds is 3. The van der Waals surface area contributed by atoms with Crippen molar-refractivity contribution in [2.75, 3.05) is 26.2 Å². The summed E-state index contributed by atoms with van der Waals surface area (Å²) in [5.41, 5.74) is 3.33. The molecule has 0 atom stereocenters. The minimum absolute atomic E-state index is 0.0247. The zero-order chi connectivity index (χ0) is 19.5. The SMILES string of the molecule is Cc1nc(-c2ccccc2)ccc1C(=O)N1CCC(C(=O)N2CCCC2)CC1. The van der Waals surface area contributed by atoms with Crippen molar-refractivity contribution >= 4 is 11.8 Å². The van der Waals surface area contributed by atoms with Crippen LogP contribution in [0.4, 0.5) is 0 Å². The van der Waals surface area contributed by atoms with Crippen molar-refractivity contribution in [3.8, 4) is 11.3 Å². The molecule has 3 heterocycles. The van der Waals surface area contributed by atoms with Crippen molar-refractivity contribution in [2.24, 2.45) is 5.92 Å². The zero-order valence-corrected chi connectivity index (χ0v) is 16.4. The molecule has 0 unspecified atom stereocenters. The van der Waals surface area contributed by atoms with E-state index >= 15 is 0 Å². The van der Waals surface area contributed by atoms with E-state index in [1.807, 2.05) is 59.2 Å². The largest absolute Gasteiger partial charge is 0.342 e. The Labute approximate surface area is 166 Å². The summed E-state index contributed by atoms with van der Waals surface area (Å²) in [6.45, 7) is 4.97. The molecule has 2 aromatic rings. The molecule has 5 nitrogen and oxygen atoms in total. The average molecular weight is 377 g/mol. The highest BCUT2D eigenvalue weighted by atomic mass is 16.2. The fraction of sp³-hybridized carbons (Fsp3) is 0.435. The smallest absolute Gasteiger partial charge is 0.255 e. The number of amides is 2. The molecule has 0 aliphatic carbocycles. The Morgan fingerprint density at radius 2 is 1.57 bits per heavy atom. The molecule has 2 amide bonds. The standard InChI is InChI=1S/C23H27N3O2/c1-17-20(9-10-21(24-17)18-7-3-2-4-8-18)23(28)26-15-11-19(12-16-26)22(27)25-13-5-6-14-25/h2-4,7-10,19H,5-6,11-16H2,1H3. The fourth-order valence-electron chi connectivity index (χ4n) is 4.25. The number of carbonyl (C=O) groups is 2. The minimum Gasteiger partial charge on any atom is -0.342 e. The summed E-state index contributed by atoms with van der Waals surface area (Å²) in [5.74, 6) is 0.383. The summed E-state index contributed by atoms with van der Waals surface area (Å²) in [6.07, 6.45) is 3.76. The van der Waals surface area contributed by atoms with Crippen LogP contribution in [-0.4, -0.2) is 52.8 Å². The van der Waals surface area contributed by atoms with Gasteiger partial charge in [0.2, 0.25) is 5.91 Å². The molecule has 2 saturated heterocycles. The molecule has 4 rings (SSSR count). The third kappa shape index (κ3) is 3.79. The molecule has 2 fully saturated rings. The average Bonchev–Trinajstić information content (AvgIpc) is 3.28. The van der Waals surface area contributed by atoms with Crippen molar-refractivity contribution in [2.45, 2.75) is 32.6 Å². The highest BCUT2D eigenvalue weighted by Crippen LogP contribution is 2.24. The number of aryl methyl sites for hydroxylation is 1. The lowest BCUT2D eigenvalue weighted by atomic mass is 9.94. The Bertz CT molecular complexity index is 851. The first-order valence-electron chi connectivity index (χ1n) is 10.2. The van der Waals surface area contributed by atoms with E-state index in [0.29, 0.717) is 18.7 Å². The van der Waals surface area contributed by atoms with Gasteiger partial charge in [-0.3, -0.25) is 14.6 Å². The quantitative estimate of drug-likeness (QED) is 0.822. The molecular weight excluding hydrogens is 350 g/mol. The Hall–Kier alpha value is -2.69. The molecule has 0 bridgehead atoms. The Morgan fingerprint density at radius 1 is 0.893 bits per heavy atom. The van der Waals surface area contributed by atoms with Crippen LogP contribution < -0.4 is 0 Å². The predicted molar refractivity (Wildman–Crippen MR) is 109 cm³/mol. The Balaban J connectivity index is 1.40. The topological polar surface area (TPSA) is 53.5 Å². The highest BCUT2D eigenvalue weighted by molar-refractivity contribution is 5.95. The van der Waals surface area contributed by atoms with E-state index in [2.05, 4.69) is 4.98 Å². The van der Waals surface area contributed by atoms with Crippen LogP contribution in [-0.2, 0) is 4.79 Å². The molecule has 5 heteroatoms. The first-order valence-corrected chi connectivity index (χ1v) is 10.2. The van der Waals surface area contributed by atoms with Crippen molar-refractivity contribution in [3.63, 3.8) is 0 Å². The summed E-state index contributed by atoms with van der Waals surface area (Å²) in [6, 6.07) is 13.8. The van der Waals surface area contributed by atoms with Gasteiger partial charge in [0.15, 0.2) is 0 Å². The van der Waals surface area contributed by atoms with Gasteiger partial charge >= 0.3 is 0 Å². The number of carbonyl (C=O) groups excluding carboxylic acids is 2. The van der Waals surface area contributed by atoms with Crippen molar-refractivity contribution in [1.29, 1.82) is 0 Å².